The van der Waals surface area contributed by atoms with Gasteiger partial charge < -0.3 is 10.4 Å². The number of aromatic hydroxyl groups is 1. The molecule has 2 N–H and O–H groups in total. The maximum Gasteiger partial charge on any atom is 0.115 e. The number of phenolic OH excluding ortho intramolecular Hbond substituents is 1. The monoisotopic (exact) mass is 232 g/mol. The van der Waals surface area contributed by atoms with Gasteiger partial charge in [0.1, 0.15) is 5.75 Å². The van der Waals surface area contributed by atoms with E-state index < -0.39 is 0 Å². The van der Waals surface area contributed by atoms with Crippen molar-refractivity contribution in [2.45, 2.75) is 38.5 Å². The van der Waals surface area contributed by atoms with Crippen LogP contribution in [-0.4, -0.2) is 11.7 Å². The SMILES string of the molecule is N#CCCCCCCCNc1ccc(O)cc1. The van der Waals surface area contributed by atoms with E-state index in [9.17, 15) is 0 Å². The molecule has 3 heteroatoms. The normalized spacial score (nSPS) is 9.82. The van der Waals surface area contributed by atoms with Gasteiger partial charge in [0.2, 0.25) is 0 Å². The first-order valence-electron chi connectivity index (χ1n) is 6.23. The lowest BCUT2D eigenvalue weighted by molar-refractivity contribution is 0.475. The van der Waals surface area contributed by atoms with Gasteiger partial charge in [0.25, 0.3) is 0 Å². The minimum absolute atomic E-state index is 0.299. The molecule has 0 aliphatic heterocycles. The number of rotatable bonds is 8. The number of nitrogens with one attached hydrogen (secondary N) is 1. The number of hydrogen-bond donors (Lipinski definition) is 2. The van der Waals surface area contributed by atoms with Crippen molar-refractivity contribution in [3.05, 3.63) is 24.3 Å². The third-order valence-electron chi connectivity index (χ3n) is 2.66. The lowest BCUT2D eigenvalue weighted by Crippen LogP contribution is -2.00. The van der Waals surface area contributed by atoms with Crippen LogP contribution in [0, 0.1) is 11.3 Å². The first-order valence-corrected chi connectivity index (χ1v) is 6.23. The van der Waals surface area contributed by atoms with E-state index in [-0.39, 0.29) is 0 Å². The fourth-order valence-corrected chi connectivity index (χ4v) is 1.67. The highest BCUT2D eigenvalue weighted by molar-refractivity contribution is 5.45. The molecule has 0 fully saturated rings. The first kappa shape index (κ1) is 13.4. The number of unbranched alkanes of at least 4 members (excludes halogenated alkanes) is 5. The molecule has 1 aromatic rings. The predicted octanol–water partition coefficient (Wildman–Crippen LogP) is 3.67. The maximum absolute atomic E-state index is 9.12. The van der Waals surface area contributed by atoms with E-state index in [0.717, 1.165) is 31.5 Å². The van der Waals surface area contributed by atoms with Gasteiger partial charge in [-0.25, -0.2) is 0 Å². The van der Waals surface area contributed by atoms with Gasteiger partial charge in [0, 0.05) is 18.7 Å². The van der Waals surface area contributed by atoms with Crippen molar-refractivity contribution in [3.63, 3.8) is 0 Å². The second kappa shape index (κ2) is 8.46. The summed E-state index contributed by atoms with van der Waals surface area (Å²) in [5.74, 6) is 0.299. The second-order valence-electron chi connectivity index (χ2n) is 4.15. The Morgan fingerprint density at radius 1 is 1.00 bits per heavy atom. The molecule has 92 valence electrons. The molecule has 0 aliphatic carbocycles. The van der Waals surface area contributed by atoms with Gasteiger partial charge in [0.15, 0.2) is 0 Å². The number of hydrogen-bond acceptors (Lipinski definition) is 3. The molecule has 0 atom stereocenters. The van der Waals surface area contributed by atoms with Crippen LogP contribution in [0.5, 0.6) is 5.75 Å². The minimum atomic E-state index is 0.299. The Morgan fingerprint density at radius 2 is 1.65 bits per heavy atom. The fraction of sp³-hybridized carbons (Fsp3) is 0.500. The maximum atomic E-state index is 9.12. The predicted molar refractivity (Wildman–Crippen MR) is 69.9 cm³/mol. The Hall–Kier alpha value is -1.69. The Labute approximate surface area is 103 Å². The summed E-state index contributed by atoms with van der Waals surface area (Å²) in [6.45, 7) is 0.961. The van der Waals surface area contributed by atoms with Crippen molar-refractivity contribution in [2.75, 3.05) is 11.9 Å². The lowest BCUT2D eigenvalue weighted by atomic mass is 10.1. The zero-order chi connectivity index (χ0) is 12.3. The standard InChI is InChI=1S/C14H20N2O/c15-11-5-3-1-2-4-6-12-16-13-7-9-14(17)10-8-13/h7-10,16-17H,1-6,12H2. The lowest BCUT2D eigenvalue weighted by Gasteiger charge is -2.06. The molecule has 3 nitrogen and oxygen atoms in total. The fourth-order valence-electron chi connectivity index (χ4n) is 1.67. The smallest absolute Gasteiger partial charge is 0.115 e. The van der Waals surface area contributed by atoms with E-state index in [1.807, 2.05) is 12.1 Å². The van der Waals surface area contributed by atoms with Crippen molar-refractivity contribution in [3.8, 4) is 11.8 Å². The molecular formula is C14H20N2O. The van der Waals surface area contributed by atoms with Crippen LogP contribution in [0.2, 0.25) is 0 Å². The third-order valence-corrected chi connectivity index (χ3v) is 2.66. The molecule has 0 heterocycles. The molecule has 0 spiro atoms. The summed E-state index contributed by atoms with van der Waals surface area (Å²) >= 11 is 0. The highest BCUT2D eigenvalue weighted by Gasteiger charge is 1.93. The van der Waals surface area contributed by atoms with Crippen LogP contribution < -0.4 is 5.32 Å². The highest BCUT2D eigenvalue weighted by Crippen LogP contribution is 2.14. The van der Waals surface area contributed by atoms with Gasteiger partial charge in [-0.2, -0.15) is 5.26 Å². The van der Waals surface area contributed by atoms with E-state index in [1.54, 1.807) is 12.1 Å². The Bertz CT molecular complexity index is 340. The summed E-state index contributed by atoms with van der Waals surface area (Å²) < 4.78 is 0. The molecular weight excluding hydrogens is 212 g/mol. The minimum Gasteiger partial charge on any atom is -0.508 e. The van der Waals surface area contributed by atoms with Crippen molar-refractivity contribution in [1.82, 2.24) is 0 Å². The number of phenols is 1. The van der Waals surface area contributed by atoms with Crippen LogP contribution in [0.1, 0.15) is 38.5 Å². The van der Waals surface area contributed by atoms with Crippen molar-refractivity contribution in [1.29, 1.82) is 5.26 Å². The van der Waals surface area contributed by atoms with Crippen LogP contribution in [0.15, 0.2) is 24.3 Å². The molecule has 0 aliphatic rings. The van der Waals surface area contributed by atoms with E-state index in [1.165, 1.54) is 12.8 Å². The number of nitriles is 1. The largest absolute Gasteiger partial charge is 0.508 e. The zero-order valence-corrected chi connectivity index (χ0v) is 10.2. The van der Waals surface area contributed by atoms with Crippen LogP contribution in [0.25, 0.3) is 0 Å². The number of nitrogens with zero attached hydrogens (tertiary/aromatic N) is 1. The van der Waals surface area contributed by atoms with Crippen LogP contribution in [0.3, 0.4) is 0 Å². The summed E-state index contributed by atoms with van der Waals surface area (Å²) in [6.07, 6.45) is 6.43. The molecule has 1 aromatic carbocycles. The molecule has 0 unspecified atom stereocenters. The van der Waals surface area contributed by atoms with Gasteiger partial charge in [-0.1, -0.05) is 19.3 Å². The van der Waals surface area contributed by atoms with Crippen LogP contribution >= 0.6 is 0 Å². The molecule has 0 saturated heterocycles. The Morgan fingerprint density at radius 3 is 2.35 bits per heavy atom. The molecule has 17 heavy (non-hydrogen) atoms. The van der Waals surface area contributed by atoms with E-state index in [2.05, 4.69) is 11.4 Å². The Kier molecular flexibility index (Phi) is 6.66. The van der Waals surface area contributed by atoms with E-state index in [0.29, 0.717) is 12.2 Å². The van der Waals surface area contributed by atoms with E-state index in [4.69, 9.17) is 10.4 Å². The van der Waals surface area contributed by atoms with Gasteiger partial charge in [-0.15, -0.1) is 0 Å². The van der Waals surface area contributed by atoms with Gasteiger partial charge in [0.05, 0.1) is 6.07 Å². The van der Waals surface area contributed by atoms with Crippen molar-refractivity contribution < 1.29 is 5.11 Å². The van der Waals surface area contributed by atoms with Crippen LogP contribution in [0.4, 0.5) is 5.69 Å². The van der Waals surface area contributed by atoms with Gasteiger partial charge in [-0.05, 0) is 37.1 Å². The highest BCUT2D eigenvalue weighted by atomic mass is 16.3. The van der Waals surface area contributed by atoms with Crippen molar-refractivity contribution >= 4 is 5.69 Å². The van der Waals surface area contributed by atoms with Crippen LogP contribution in [-0.2, 0) is 0 Å². The topological polar surface area (TPSA) is 56.0 Å². The molecule has 0 aromatic heterocycles. The average molecular weight is 232 g/mol. The summed E-state index contributed by atoms with van der Waals surface area (Å²) in [6, 6.07) is 9.29. The van der Waals surface area contributed by atoms with E-state index >= 15 is 0 Å². The molecule has 0 amide bonds. The molecule has 0 saturated carbocycles. The summed E-state index contributed by atoms with van der Waals surface area (Å²) in [5, 5.41) is 20.8. The number of anilines is 1. The molecule has 0 radical (unpaired) electrons. The van der Waals surface area contributed by atoms with Crippen molar-refractivity contribution in [2.24, 2.45) is 0 Å². The summed E-state index contributed by atoms with van der Waals surface area (Å²) in [5.41, 5.74) is 1.05. The Balaban J connectivity index is 1.97. The summed E-state index contributed by atoms with van der Waals surface area (Å²) in [7, 11) is 0. The quantitative estimate of drug-likeness (QED) is 0.531. The zero-order valence-electron chi connectivity index (χ0n) is 10.2. The molecule has 1 rings (SSSR count). The average Bonchev–Trinajstić information content (AvgIpc) is 2.35. The van der Waals surface area contributed by atoms with Gasteiger partial charge >= 0.3 is 0 Å². The first-order chi connectivity index (χ1) is 8.33. The second-order valence-corrected chi connectivity index (χ2v) is 4.15. The number of benzene rings is 1. The third kappa shape index (κ3) is 6.47. The summed E-state index contributed by atoms with van der Waals surface area (Å²) in [4.78, 5) is 0. The molecule has 0 bridgehead atoms. The van der Waals surface area contributed by atoms with Gasteiger partial charge in [-0.3, -0.25) is 0 Å².